The van der Waals surface area contributed by atoms with Crippen molar-refractivity contribution >= 4 is 28.5 Å². The fourth-order valence-electron chi connectivity index (χ4n) is 1.77. The maximum atomic E-state index is 11.8. The molecule has 1 saturated carbocycles. The molecule has 1 aliphatic rings. The molecule has 2 heterocycles. The van der Waals surface area contributed by atoms with E-state index in [-0.39, 0.29) is 5.91 Å². The normalized spacial score (nSPS) is 15.0. The molecule has 0 aliphatic heterocycles. The van der Waals surface area contributed by atoms with Crippen molar-refractivity contribution in [3.8, 4) is 0 Å². The molecule has 2 aromatic heterocycles. The zero-order valence-corrected chi connectivity index (χ0v) is 11.4. The summed E-state index contributed by atoms with van der Waals surface area (Å²) in [5, 5.41) is 9.50. The first-order valence-electron chi connectivity index (χ1n) is 6.15. The summed E-state index contributed by atoms with van der Waals surface area (Å²) in [5.41, 5.74) is 1.99. The van der Waals surface area contributed by atoms with Gasteiger partial charge in [-0.15, -0.1) is 11.3 Å². The molecule has 0 aromatic carbocycles. The second kappa shape index (κ2) is 4.97. The molecule has 0 atom stereocenters. The van der Waals surface area contributed by atoms with Crippen molar-refractivity contribution in [3.05, 3.63) is 35.1 Å². The van der Waals surface area contributed by atoms with Crippen LogP contribution in [0.25, 0.3) is 6.08 Å². The van der Waals surface area contributed by atoms with Crippen LogP contribution in [0.1, 0.15) is 30.1 Å². The summed E-state index contributed by atoms with van der Waals surface area (Å²) >= 11 is 1.48. The molecule has 3 rings (SSSR count). The summed E-state index contributed by atoms with van der Waals surface area (Å²) < 4.78 is 1.71. The molecule has 2 aromatic rings. The van der Waals surface area contributed by atoms with Gasteiger partial charge in [0.05, 0.1) is 11.4 Å². The van der Waals surface area contributed by atoms with Gasteiger partial charge < -0.3 is 0 Å². The van der Waals surface area contributed by atoms with Gasteiger partial charge in [-0.25, -0.2) is 4.98 Å². The number of thiazole rings is 1. The van der Waals surface area contributed by atoms with Crippen molar-refractivity contribution in [3.63, 3.8) is 0 Å². The van der Waals surface area contributed by atoms with Crippen LogP contribution in [0.3, 0.4) is 0 Å². The first kappa shape index (κ1) is 12.1. The number of amides is 1. The first-order chi connectivity index (χ1) is 9.22. The molecule has 1 fully saturated rings. The summed E-state index contributed by atoms with van der Waals surface area (Å²) in [5.74, 6) is 0.449. The second-order valence-electron chi connectivity index (χ2n) is 4.55. The molecular weight excluding hydrogens is 260 g/mol. The van der Waals surface area contributed by atoms with E-state index in [1.807, 2.05) is 18.5 Å². The van der Waals surface area contributed by atoms with Crippen molar-refractivity contribution in [2.24, 2.45) is 7.05 Å². The molecule has 0 spiro atoms. The lowest BCUT2D eigenvalue weighted by Gasteiger charge is -1.96. The van der Waals surface area contributed by atoms with Crippen molar-refractivity contribution in [2.45, 2.75) is 18.8 Å². The summed E-state index contributed by atoms with van der Waals surface area (Å²) in [7, 11) is 1.83. The molecule has 5 nitrogen and oxygen atoms in total. The Hall–Kier alpha value is -1.95. The highest BCUT2D eigenvalue weighted by atomic mass is 32.1. The molecule has 6 heteroatoms. The summed E-state index contributed by atoms with van der Waals surface area (Å²) in [6.07, 6.45) is 7.36. The number of hydrogen-bond donors (Lipinski definition) is 1. The Labute approximate surface area is 115 Å². The van der Waals surface area contributed by atoms with Crippen LogP contribution >= 0.6 is 11.3 Å². The van der Waals surface area contributed by atoms with E-state index < -0.39 is 0 Å². The number of nitrogens with zero attached hydrogens (tertiary/aromatic N) is 3. The second-order valence-corrected chi connectivity index (χ2v) is 5.41. The van der Waals surface area contributed by atoms with Crippen LogP contribution < -0.4 is 5.32 Å². The smallest absolute Gasteiger partial charge is 0.250 e. The number of aromatic nitrogens is 3. The zero-order chi connectivity index (χ0) is 13.2. The van der Waals surface area contributed by atoms with Crippen LogP contribution in [0.5, 0.6) is 0 Å². The van der Waals surface area contributed by atoms with Crippen LogP contribution in [-0.2, 0) is 11.8 Å². The minimum Gasteiger partial charge on any atom is -0.298 e. The van der Waals surface area contributed by atoms with Crippen LogP contribution in [0, 0.1) is 0 Å². The van der Waals surface area contributed by atoms with E-state index in [4.69, 9.17) is 0 Å². The van der Waals surface area contributed by atoms with E-state index >= 15 is 0 Å². The molecule has 1 amide bonds. The van der Waals surface area contributed by atoms with Crippen molar-refractivity contribution in [1.82, 2.24) is 14.8 Å². The van der Waals surface area contributed by atoms with E-state index in [2.05, 4.69) is 15.4 Å². The Morgan fingerprint density at radius 3 is 3.11 bits per heavy atom. The topological polar surface area (TPSA) is 59.8 Å². The molecule has 0 saturated heterocycles. The molecule has 1 aliphatic carbocycles. The molecule has 0 bridgehead atoms. The van der Waals surface area contributed by atoms with Crippen LogP contribution in [0.4, 0.5) is 5.13 Å². The van der Waals surface area contributed by atoms with E-state index in [0.29, 0.717) is 11.0 Å². The van der Waals surface area contributed by atoms with E-state index in [0.717, 1.165) is 11.4 Å². The van der Waals surface area contributed by atoms with Gasteiger partial charge in [-0.1, -0.05) is 0 Å². The Morgan fingerprint density at radius 1 is 1.58 bits per heavy atom. The minimum absolute atomic E-state index is 0.169. The fraction of sp³-hybridized carbons (Fsp3) is 0.308. The van der Waals surface area contributed by atoms with Crippen molar-refractivity contribution < 1.29 is 4.79 Å². The summed E-state index contributed by atoms with van der Waals surface area (Å²) in [4.78, 5) is 16.2. The number of rotatable bonds is 4. The molecule has 1 N–H and O–H groups in total. The van der Waals surface area contributed by atoms with Gasteiger partial charge in [0.15, 0.2) is 5.13 Å². The standard InChI is InChI=1S/C13H14N4OS/c1-17-10(6-7-14-17)4-5-12(18)16-13-15-11(8-19-13)9-2-3-9/h4-9H,2-3H2,1H3,(H,15,16,18). The number of nitrogens with one attached hydrogen (secondary N) is 1. The van der Waals surface area contributed by atoms with Gasteiger partial charge in [0.2, 0.25) is 5.91 Å². The molecule has 19 heavy (non-hydrogen) atoms. The largest absolute Gasteiger partial charge is 0.298 e. The summed E-state index contributed by atoms with van der Waals surface area (Å²) in [6, 6.07) is 1.85. The highest BCUT2D eigenvalue weighted by molar-refractivity contribution is 7.14. The number of carbonyl (C=O) groups excluding carboxylic acids is 1. The van der Waals surface area contributed by atoms with E-state index in [1.165, 1.54) is 30.3 Å². The van der Waals surface area contributed by atoms with Gasteiger partial charge in [-0.2, -0.15) is 5.10 Å². The fourth-order valence-corrected chi connectivity index (χ4v) is 2.56. The van der Waals surface area contributed by atoms with Crippen LogP contribution in [-0.4, -0.2) is 20.7 Å². The number of carbonyl (C=O) groups is 1. The van der Waals surface area contributed by atoms with Crippen molar-refractivity contribution in [2.75, 3.05) is 5.32 Å². The van der Waals surface area contributed by atoms with Gasteiger partial charge in [0, 0.05) is 30.6 Å². The lowest BCUT2D eigenvalue weighted by atomic mass is 10.3. The molecular formula is C13H14N4OS. The zero-order valence-electron chi connectivity index (χ0n) is 10.5. The van der Waals surface area contributed by atoms with Crippen molar-refractivity contribution in [1.29, 1.82) is 0 Å². The van der Waals surface area contributed by atoms with Gasteiger partial charge in [0.1, 0.15) is 0 Å². The first-order valence-corrected chi connectivity index (χ1v) is 7.03. The van der Waals surface area contributed by atoms with Gasteiger partial charge in [-0.05, 0) is 25.0 Å². The average Bonchev–Trinajstić information content (AvgIpc) is 3.01. The monoisotopic (exact) mass is 274 g/mol. The lowest BCUT2D eigenvalue weighted by molar-refractivity contribution is -0.111. The SMILES string of the molecule is Cn1nccc1C=CC(=O)Nc1nc(C2CC2)cs1. The Kier molecular flexibility index (Phi) is 3.16. The number of hydrogen-bond acceptors (Lipinski definition) is 4. The predicted molar refractivity (Wildman–Crippen MR) is 75.0 cm³/mol. The molecule has 0 radical (unpaired) electrons. The Balaban J connectivity index is 1.61. The third kappa shape index (κ3) is 2.90. The number of aryl methyl sites for hydroxylation is 1. The van der Waals surface area contributed by atoms with Gasteiger partial charge in [0.25, 0.3) is 0 Å². The lowest BCUT2D eigenvalue weighted by Crippen LogP contribution is -2.07. The number of anilines is 1. The van der Waals surface area contributed by atoms with Crippen LogP contribution in [0.15, 0.2) is 23.7 Å². The van der Waals surface area contributed by atoms with E-state index in [9.17, 15) is 4.79 Å². The summed E-state index contributed by atoms with van der Waals surface area (Å²) in [6.45, 7) is 0. The van der Waals surface area contributed by atoms with E-state index in [1.54, 1.807) is 17.0 Å². The van der Waals surface area contributed by atoms with Gasteiger partial charge in [-0.3, -0.25) is 14.8 Å². The average molecular weight is 274 g/mol. The predicted octanol–water partition coefficient (Wildman–Crippen LogP) is 2.41. The molecule has 0 unspecified atom stereocenters. The Morgan fingerprint density at radius 2 is 2.42 bits per heavy atom. The maximum Gasteiger partial charge on any atom is 0.250 e. The minimum atomic E-state index is -0.169. The third-order valence-electron chi connectivity index (χ3n) is 3.01. The molecule has 98 valence electrons. The van der Waals surface area contributed by atoms with Crippen LogP contribution in [0.2, 0.25) is 0 Å². The highest BCUT2D eigenvalue weighted by Gasteiger charge is 2.26. The Bertz CT molecular complexity index is 624. The highest BCUT2D eigenvalue weighted by Crippen LogP contribution is 2.40. The maximum absolute atomic E-state index is 11.8. The quantitative estimate of drug-likeness (QED) is 0.871. The third-order valence-corrected chi connectivity index (χ3v) is 3.79. The van der Waals surface area contributed by atoms with Gasteiger partial charge >= 0.3 is 0 Å².